The van der Waals surface area contributed by atoms with Crippen molar-refractivity contribution in [2.24, 2.45) is 0 Å². The van der Waals surface area contributed by atoms with Crippen molar-refractivity contribution in [3.63, 3.8) is 0 Å². The third kappa shape index (κ3) is 3.05. The second-order valence-corrected chi connectivity index (χ2v) is 6.23. The lowest BCUT2D eigenvalue weighted by Gasteiger charge is -2.14. The number of carbonyl (C=O) groups excluding carboxylic acids is 1. The average Bonchev–Trinajstić information content (AvgIpc) is 2.69. The summed E-state index contributed by atoms with van der Waals surface area (Å²) in [6.07, 6.45) is 0. The maximum absolute atomic E-state index is 13.0. The Morgan fingerprint density at radius 3 is 2.15 bits per heavy atom. The van der Waals surface area contributed by atoms with Crippen molar-refractivity contribution in [1.29, 1.82) is 0 Å². The number of pyridine rings is 1. The van der Waals surface area contributed by atoms with Crippen molar-refractivity contribution < 1.29 is 4.79 Å². The first-order valence-electron chi connectivity index (χ1n) is 8.24. The van der Waals surface area contributed by atoms with Crippen LogP contribution in [0.1, 0.15) is 10.4 Å². The second kappa shape index (κ2) is 6.98. The van der Waals surface area contributed by atoms with Gasteiger partial charge in [0.25, 0.3) is 5.91 Å². The number of fused-ring (bicyclic) bond motifs is 1. The van der Waals surface area contributed by atoms with E-state index in [-0.39, 0.29) is 5.91 Å². The number of anilines is 1. The molecule has 0 aliphatic carbocycles. The molecule has 0 saturated heterocycles. The van der Waals surface area contributed by atoms with Crippen LogP contribution in [0, 0.1) is 0 Å². The number of nitrogens with one attached hydrogen (secondary N) is 1. The van der Waals surface area contributed by atoms with Crippen molar-refractivity contribution in [1.82, 2.24) is 4.98 Å². The van der Waals surface area contributed by atoms with Crippen molar-refractivity contribution in [2.45, 2.75) is 0 Å². The maximum atomic E-state index is 13.0. The molecule has 3 nitrogen and oxygen atoms in total. The fourth-order valence-electron chi connectivity index (χ4n) is 2.90. The minimum absolute atomic E-state index is 0.279. The maximum Gasteiger partial charge on any atom is 0.259 e. The van der Waals surface area contributed by atoms with E-state index in [1.807, 2.05) is 84.9 Å². The van der Waals surface area contributed by atoms with Gasteiger partial charge in [-0.1, -0.05) is 78.3 Å². The van der Waals surface area contributed by atoms with Crippen LogP contribution >= 0.6 is 11.6 Å². The number of carbonyl (C=O) groups is 1. The van der Waals surface area contributed by atoms with Gasteiger partial charge in [0.05, 0.1) is 21.8 Å². The Labute approximate surface area is 156 Å². The highest BCUT2D eigenvalue weighted by Crippen LogP contribution is 2.34. The molecule has 4 rings (SSSR count). The highest BCUT2D eigenvalue weighted by molar-refractivity contribution is 6.39. The predicted molar refractivity (Wildman–Crippen MR) is 107 cm³/mol. The molecule has 0 bridgehead atoms. The Bertz CT molecular complexity index is 1080. The molecule has 0 unspecified atom stereocenters. The molecule has 26 heavy (non-hydrogen) atoms. The van der Waals surface area contributed by atoms with E-state index in [0.29, 0.717) is 22.0 Å². The van der Waals surface area contributed by atoms with Crippen LogP contribution in [0.25, 0.3) is 22.2 Å². The monoisotopic (exact) mass is 358 g/mol. The molecule has 1 heterocycles. The zero-order valence-electron chi connectivity index (χ0n) is 13.8. The lowest BCUT2D eigenvalue weighted by atomic mass is 10.0. The van der Waals surface area contributed by atoms with E-state index in [1.165, 1.54) is 0 Å². The number of nitrogens with zero attached hydrogens (tertiary/aromatic N) is 1. The van der Waals surface area contributed by atoms with Gasteiger partial charge in [0.1, 0.15) is 0 Å². The lowest BCUT2D eigenvalue weighted by Crippen LogP contribution is -2.15. The number of para-hydroxylation sites is 2. The molecule has 0 saturated carbocycles. The molecule has 1 amide bonds. The summed E-state index contributed by atoms with van der Waals surface area (Å²) in [7, 11) is 0. The van der Waals surface area contributed by atoms with Gasteiger partial charge in [-0.25, -0.2) is 4.98 Å². The summed E-state index contributed by atoms with van der Waals surface area (Å²) < 4.78 is 0. The summed E-state index contributed by atoms with van der Waals surface area (Å²) in [5.74, 6) is -0.279. The first-order chi connectivity index (χ1) is 12.7. The molecule has 0 aliphatic rings. The third-order valence-corrected chi connectivity index (χ3v) is 4.53. The predicted octanol–water partition coefficient (Wildman–Crippen LogP) is 5.81. The Morgan fingerprint density at radius 1 is 0.808 bits per heavy atom. The zero-order chi connectivity index (χ0) is 17.9. The van der Waals surface area contributed by atoms with Gasteiger partial charge in [0, 0.05) is 16.6 Å². The van der Waals surface area contributed by atoms with E-state index in [9.17, 15) is 4.79 Å². The van der Waals surface area contributed by atoms with Gasteiger partial charge >= 0.3 is 0 Å². The van der Waals surface area contributed by atoms with Gasteiger partial charge in [0.15, 0.2) is 0 Å². The number of halogens is 1. The van der Waals surface area contributed by atoms with Crippen molar-refractivity contribution in [2.75, 3.05) is 5.32 Å². The van der Waals surface area contributed by atoms with Gasteiger partial charge in [0.2, 0.25) is 0 Å². The highest BCUT2D eigenvalue weighted by atomic mass is 35.5. The molecular formula is C22H15ClN2O. The topological polar surface area (TPSA) is 42.0 Å². The van der Waals surface area contributed by atoms with Crippen molar-refractivity contribution >= 4 is 34.1 Å². The van der Waals surface area contributed by atoms with Gasteiger partial charge < -0.3 is 5.32 Å². The van der Waals surface area contributed by atoms with Crippen LogP contribution < -0.4 is 5.32 Å². The Balaban J connectivity index is 1.91. The number of hydrogen-bond acceptors (Lipinski definition) is 2. The minimum Gasteiger partial charge on any atom is -0.322 e. The molecule has 0 radical (unpaired) electrons. The fourth-order valence-corrected chi connectivity index (χ4v) is 3.23. The van der Waals surface area contributed by atoms with E-state index in [4.69, 9.17) is 16.6 Å². The molecule has 3 aromatic carbocycles. The number of hydrogen-bond donors (Lipinski definition) is 1. The summed E-state index contributed by atoms with van der Waals surface area (Å²) in [6.45, 7) is 0. The normalized spacial score (nSPS) is 10.7. The van der Waals surface area contributed by atoms with Crippen LogP contribution in [0.4, 0.5) is 5.69 Å². The molecule has 0 aliphatic heterocycles. The number of benzene rings is 3. The zero-order valence-corrected chi connectivity index (χ0v) is 14.6. The van der Waals surface area contributed by atoms with Gasteiger partial charge in [-0.15, -0.1) is 0 Å². The molecule has 0 fully saturated rings. The van der Waals surface area contributed by atoms with Crippen LogP contribution in [-0.4, -0.2) is 10.9 Å². The minimum atomic E-state index is -0.279. The van der Waals surface area contributed by atoms with Crippen LogP contribution in [0.2, 0.25) is 5.02 Å². The number of amides is 1. The van der Waals surface area contributed by atoms with Gasteiger partial charge in [-0.2, -0.15) is 0 Å². The first kappa shape index (κ1) is 16.3. The van der Waals surface area contributed by atoms with Crippen molar-refractivity contribution in [3.8, 4) is 11.3 Å². The fraction of sp³-hybridized carbons (Fsp3) is 0. The van der Waals surface area contributed by atoms with Crippen LogP contribution in [0.3, 0.4) is 0 Å². The smallest absolute Gasteiger partial charge is 0.259 e. The third-order valence-electron chi connectivity index (χ3n) is 4.14. The molecule has 0 spiro atoms. The summed E-state index contributed by atoms with van der Waals surface area (Å²) in [6, 6.07) is 26.5. The number of rotatable bonds is 3. The van der Waals surface area contributed by atoms with Crippen LogP contribution in [0.15, 0.2) is 84.9 Å². The van der Waals surface area contributed by atoms with E-state index in [2.05, 4.69) is 5.32 Å². The van der Waals surface area contributed by atoms with E-state index in [0.717, 1.165) is 16.5 Å². The molecule has 1 N–H and O–H groups in total. The summed E-state index contributed by atoms with van der Waals surface area (Å²) in [5, 5.41) is 4.07. The van der Waals surface area contributed by atoms with Gasteiger partial charge in [-0.3, -0.25) is 4.79 Å². The average molecular weight is 359 g/mol. The molecular weight excluding hydrogens is 344 g/mol. The van der Waals surface area contributed by atoms with Gasteiger partial charge in [-0.05, 0) is 18.2 Å². The van der Waals surface area contributed by atoms with Crippen LogP contribution in [-0.2, 0) is 0 Å². The summed E-state index contributed by atoms with van der Waals surface area (Å²) in [4.78, 5) is 17.8. The first-order valence-corrected chi connectivity index (χ1v) is 8.62. The Morgan fingerprint density at radius 2 is 1.42 bits per heavy atom. The van der Waals surface area contributed by atoms with Crippen molar-refractivity contribution in [3.05, 3.63) is 95.5 Å². The quantitative estimate of drug-likeness (QED) is 0.502. The second-order valence-electron chi connectivity index (χ2n) is 5.85. The highest BCUT2D eigenvalue weighted by Gasteiger charge is 2.21. The molecule has 126 valence electrons. The van der Waals surface area contributed by atoms with Crippen LogP contribution in [0.5, 0.6) is 0 Å². The number of aromatic nitrogens is 1. The molecule has 4 heteroatoms. The Hall–Kier alpha value is -3.17. The lowest BCUT2D eigenvalue weighted by molar-refractivity contribution is 0.102. The summed E-state index contributed by atoms with van der Waals surface area (Å²) in [5.41, 5.74) is 3.26. The van der Waals surface area contributed by atoms with E-state index < -0.39 is 0 Å². The standard InChI is InChI=1S/C22H15ClN2O/c23-20-17-13-7-8-14-18(17)25-21(15-9-3-1-4-10-15)19(20)22(26)24-16-11-5-2-6-12-16/h1-14H,(H,24,26). The SMILES string of the molecule is O=C(Nc1ccccc1)c1c(-c2ccccc2)nc2ccccc2c1Cl. The largest absolute Gasteiger partial charge is 0.322 e. The summed E-state index contributed by atoms with van der Waals surface area (Å²) >= 11 is 6.66. The molecule has 0 atom stereocenters. The van der Waals surface area contributed by atoms with E-state index >= 15 is 0 Å². The van der Waals surface area contributed by atoms with E-state index in [1.54, 1.807) is 0 Å². The molecule has 1 aromatic heterocycles. The Kier molecular flexibility index (Phi) is 4.38. The molecule has 4 aromatic rings.